The molecule has 1 aliphatic heterocycles. The number of benzene rings is 1. The summed E-state index contributed by atoms with van der Waals surface area (Å²) in [5.41, 5.74) is 0.466. The van der Waals surface area contributed by atoms with Crippen LogP contribution in [0.2, 0.25) is 0 Å². The van der Waals surface area contributed by atoms with Gasteiger partial charge in [-0.3, -0.25) is 14.3 Å². The second kappa shape index (κ2) is 9.92. The van der Waals surface area contributed by atoms with Crippen molar-refractivity contribution in [3.63, 3.8) is 0 Å². The highest BCUT2D eigenvalue weighted by molar-refractivity contribution is 5.89. The summed E-state index contributed by atoms with van der Waals surface area (Å²) in [5, 5.41) is 0.585. The normalized spacial score (nSPS) is 36.3. The Morgan fingerprint density at radius 3 is 2.69 bits per heavy atom. The number of likely N-dealkylation sites (tertiary alicyclic amines) is 1. The largest absolute Gasteiger partial charge is 0.460 e. The molecule has 2 aromatic rings. The first kappa shape index (κ1) is 24.1. The molecule has 194 valence electrons. The van der Waals surface area contributed by atoms with Gasteiger partial charge in [0.25, 0.3) is 5.56 Å². The number of ether oxygens (including phenoxy) is 1. The van der Waals surface area contributed by atoms with E-state index in [1.807, 2.05) is 24.3 Å². The van der Waals surface area contributed by atoms with E-state index < -0.39 is 5.97 Å². The van der Waals surface area contributed by atoms with E-state index in [-0.39, 0.29) is 24.0 Å². The van der Waals surface area contributed by atoms with Gasteiger partial charge in [0.2, 0.25) is 5.82 Å². The van der Waals surface area contributed by atoms with E-state index >= 15 is 0 Å². The van der Waals surface area contributed by atoms with Crippen LogP contribution < -0.4 is 5.56 Å². The number of fused-ring (bicyclic) bond motifs is 5. The fourth-order valence-electron chi connectivity index (χ4n) is 8.14. The van der Waals surface area contributed by atoms with Gasteiger partial charge in [-0.2, -0.15) is 0 Å². The van der Waals surface area contributed by atoms with Crippen LogP contribution >= 0.6 is 0 Å². The van der Waals surface area contributed by atoms with Crippen LogP contribution in [0.4, 0.5) is 0 Å². The van der Waals surface area contributed by atoms with Gasteiger partial charge < -0.3 is 4.74 Å². The first-order chi connectivity index (χ1) is 17.5. The average molecular weight is 492 g/mol. The highest BCUT2D eigenvalue weighted by Crippen LogP contribution is 2.53. The summed E-state index contributed by atoms with van der Waals surface area (Å²) in [5.74, 6) is 1.96. The molecule has 4 aliphatic rings. The maximum absolute atomic E-state index is 13.9. The summed E-state index contributed by atoms with van der Waals surface area (Å²) < 4.78 is 7.13. The van der Waals surface area contributed by atoms with Gasteiger partial charge in [-0.25, -0.2) is 9.78 Å². The van der Waals surface area contributed by atoms with Crippen LogP contribution in [-0.4, -0.2) is 45.2 Å². The molecule has 2 heterocycles. The third kappa shape index (κ3) is 4.40. The molecule has 0 N–H and O–H groups in total. The monoisotopic (exact) mass is 491 g/mol. The topological polar surface area (TPSA) is 64.2 Å². The lowest BCUT2D eigenvalue weighted by atomic mass is 9.81. The SMILES string of the molecule is CCOC(=O)c1nc2ccccc2c(=O)n1[C@H]1C[C@H](C)CCC[C@H](N2C3[C@H]4CCCC[C@H](C4)C[C@H]32)C1. The van der Waals surface area contributed by atoms with Gasteiger partial charge in [-0.15, -0.1) is 0 Å². The van der Waals surface area contributed by atoms with Gasteiger partial charge in [0.1, 0.15) is 0 Å². The molecule has 8 atom stereocenters. The van der Waals surface area contributed by atoms with Crippen LogP contribution in [-0.2, 0) is 4.74 Å². The van der Waals surface area contributed by atoms with Crippen molar-refractivity contribution >= 4 is 16.9 Å². The Morgan fingerprint density at radius 2 is 1.83 bits per heavy atom. The number of hydrogen-bond donors (Lipinski definition) is 0. The van der Waals surface area contributed by atoms with Crippen LogP contribution in [0.15, 0.2) is 29.1 Å². The molecule has 6 heteroatoms. The first-order valence-electron chi connectivity index (χ1n) is 14.5. The Labute approximate surface area is 214 Å². The smallest absolute Gasteiger partial charge is 0.374 e. The number of esters is 1. The average Bonchev–Trinajstić information content (AvgIpc) is 3.61. The minimum atomic E-state index is -0.489. The molecule has 36 heavy (non-hydrogen) atoms. The number of carbonyl (C=O) groups excluding carboxylic acids is 1. The Hall–Kier alpha value is -2.21. The summed E-state index contributed by atoms with van der Waals surface area (Å²) >= 11 is 0. The zero-order valence-electron chi connectivity index (χ0n) is 21.9. The second-order valence-electron chi connectivity index (χ2n) is 12.1. The first-order valence-corrected chi connectivity index (χ1v) is 14.5. The van der Waals surface area contributed by atoms with Crippen LogP contribution in [0.1, 0.15) is 101 Å². The van der Waals surface area contributed by atoms with Gasteiger partial charge in [0.15, 0.2) is 0 Å². The Balaban J connectivity index is 1.36. The van der Waals surface area contributed by atoms with Gasteiger partial charge in [0.05, 0.1) is 17.5 Å². The third-order valence-electron chi connectivity index (χ3n) is 9.67. The Bertz CT molecular complexity index is 1180. The quantitative estimate of drug-likeness (QED) is 0.403. The Kier molecular flexibility index (Phi) is 6.65. The molecule has 1 aromatic heterocycles. The number of aromatic nitrogens is 2. The molecular weight excluding hydrogens is 450 g/mol. The van der Waals surface area contributed by atoms with Crippen molar-refractivity contribution in [3.05, 3.63) is 40.4 Å². The summed E-state index contributed by atoms with van der Waals surface area (Å²) in [6, 6.07) is 9.32. The molecule has 2 unspecified atom stereocenters. The standard InChI is InChI=1S/C30H41N3O3/c1-3-36-30(35)28-31-25-14-7-6-13-24(25)29(34)33(28)23-15-19(2)9-8-12-22(18-23)32-26-17-20-10-4-5-11-21(16-20)27(26)32/h6-7,13-14,19-23,26-27H,3-5,8-12,15-18H2,1-2H3/t19-,20-,21+,22+,23+,26-,27?,32?/m1/s1. The Morgan fingerprint density at radius 1 is 1.00 bits per heavy atom. The predicted molar refractivity (Wildman–Crippen MR) is 141 cm³/mol. The van der Waals surface area contributed by atoms with Gasteiger partial charge >= 0.3 is 5.97 Å². The maximum atomic E-state index is 13.9. The van der Waals surface area contributed by atoms with Gasteiger partial charge in [-0.1, -0.05) is 51.2 Å². The van der Waals surface area contributed by atoms with Crippen LogP contribution in [0.3, 0.4) is 0 Å². The van der Waals surface area contributed by atoms with E-state index in [0.29, 0.717) is 22.9 Å². The highest BCUT2D eigenvalue weighted by atomic mass is 16.5. The lowest BCUT2D eigenvalue weighted by Crippen LogP contribution is -2.37. The van der Waals surface area contributed by atoms with E-state index in [1.165, 1.54) is 57.8 Å². The fourth-order valence-corrected chi connectivity index (χ4v) is 8.14. The lowest BCUT2D eigenvalue weighted by Gasteiger charge is -2.33. The van der Waals surface area contributed by atoms with Crippen molar-refractivity contribution in [2.75, 3.05) is 6.61 Å². The molecule has 0 radical (unpaired) electrons. The second-order valence-corrected chi connectivity index (χ2v) is 12.1. The minimum absolute atomic E-state index is 0.0425. The molecular formula is C30H41N3O3. The molecule has 6 nitrogen and oxygen atoms in total. The van der Waals surface area contributed by atoms with Crippen LogP contribution in [0.5, 0.6) is 0 Å². The van der Waals surface area contributed by atoms with Crippen molar-refractivity contribution in [2.45, 2.75) is 109 Å². The van der Waals surface area contributed by atoms with E-state index in [0.717, 1.165) is 36.8 Å². The van der Waals surface area contributed by atoms with Gasteiger partial charge in [0, 0.05) is 24.2 Å². The molecule has 2 bridgehead atoms. The fraction of sp³-hybridized carbons (Fsp3) is 0.700. The maximum Gasteiger partial charge on any atom is 0.374 e. The van der Waals surface area contributed by atoms with Crippen molar-refractivity contribution in [3.8, 4) is 0 Å². The predicted octanol–water partition coefficient (Wildman–Crippen LogP) is 5.74. The number of rotatable bonds is 4. The summed E-state index contributed by atoms with van der Waals surface area (Å²) in [6.45, 7) is 4.36. The number of nitrogens with zero attached hydrogens (tertiary/aromatic N) is 3. The highest BCUT2D eigenvalue weighted by Gasteiger charge is 2.58. The molecule has 3 aliphatic carbocycles. The number of carbonyl (C=O) groups is 1. The van der Waals surface area contributed by atoms with E-state index in [4.69, 9.17) is 9.72 Å². The molecule has 0 spiro atoms. The molecule has 0 amide bonds. The van der Waals surface area contributed by atoms with Gasteiger partial charge in [-0.05, 0) is 75.3 Å². The van der Waals surface area contributed by atoms with Crippen molar-refractivity contribution < 1.29 is 9.53 Å². The zero-order valence-corrected chi connectivity index (χ0v) is 21.9. The third-order valence-corrected chi connectivity index (χ3v) is 9.67. The molecule has 3 saturated carbocycles. The summed E-state index contributed by atoms with van der Waals surface area (Å²) in [4.78, 5) is 34.5. The van der Waals surface area contributed by atoms with Crippen molar-refractivity contribution in [2.24, 2.45) is 17.8 Å². The van der Waals surface area contributed by atoms with Crippen LogP contribution in [0.25, 0.3) is 10.9 Å². The zero-order chi connectivity index (χ0) is 24.8. The van der Waals surface area contributed by atoms with Crippen LogP contribution in [0, 0.1) is 17.8 Å². The molecule has 6 rings (SSSR count). The van der Waals surface area contributed by atoms with E-state index in [1.54, 1.807) is 11.5 Å². The summed E-state index contributed by atoms with van der Waals surface area (Å²) in [6.07, 6.45) is 13.8. The minimum Gasteiger partial charge on any atom is -0.460 e. The molecule has 4 fully saturated rings. The van der Waals surface area contributed by atoms with Crippen molar-refractivity contribution in [1.29, 1.82) is 0 Å². The molecule has 1 aromatic carbocycles. The summed E-state index contributed by atoms with van der Waals surface area (Å²) in [7, 11) is 0. The molecule has 1 saturated heterocycles. The van der Waals surface area contributed by atoms with E-state index in [9.17, 15) is 9.59 Å². The van der Waals surface area contributed by atoms with Crippen molar-refractivity contribution in [1.82, 2.24) is 14.5 Å². The number of para-hydroxylation sites is 1. The van der Waals surface area contributed by atoms with E-state index in [2.05, 4.69) is 11.8 Å². The lowest BCUT2D eigenvalue weighted by molar-refractivity contribution is 0.0497. The number of hydrogen-bond acceptors (Lipinski definition) is 5.